The van der Waals surface area contributed by atoms with Crippen LogP contribution in [-0.2, 0) is 20.8 Å². The fourth-order valence-corrected chi connectivity index (χ4v) is 2.07. The molecule has 0 N–H and O–H groups in total. The highest BCUT2D eigenvalue weighted by atomic mass is 19.4. The Kier molecular flexibility index (Phi) is 5.36. The van der Waals surface area contributed by atoms with Crippen molar-refractivity contribution in [3.63, 3.8) is 0 Å². The van der Waals surface area contributed by atoms with Crippen molar-refractivity contribution in [2.75, 3.05) is 26.4 Å². The van der Waals surface area contributed by atoms with Gasteiger partial charge in [0, 0.05) is 6.54 Å². The van der Waals surface area contributed by atoms with Crippen LogP contribution >= 0.6 is 0 Å². The minimum Gasteiger partial charge on any atom is -0.376 e. The number of amides is 1. The molecule has 1 saturated heterocycles. The van der Waals surface area contributed by atoms with Crippen LogP contribution in [0.3, 0.4) is 0 Å². The molecule has 4 nitrogen and oxygen atoms in total. The Bertz CT molecular complexity index is 498. The van der Waals surface area contributed by atoms with Gasteiger partial charge in [-0.3, -0.25) is 4.79 Å². The van der Waals surface area contributed by atoms with E-state index in [2.05, 4.69) is 0 Å². The Morgan fingerprint density at radius 2 is 1.91 bits per heavy atom. The number of rotatable bonds is 4. The normalized spacial score (nSPS) is 19.0. The van der Waals surface area contributed by atoms with Crippen molar-refractivity contribution < 1.29 is 31.8 Å². The molecule has 1 heterocycles. The lowest BCUT2D eigenvalue weighted by Crippen LogP contribution is -2.48. The van der Waals surface area contributed by atoms with E-state index in [9.17, 15) is 22.4 Å². The van der Waals surface area contributed by atoms with Gasteiger partial charge < -0.3 is 14.4 Å². The predicted molar refractivity (Wildman–Crippen MR) is 68.4 cm³/mol. The van der Waals surface area contributed by atoms with Gasteiger partial charge in [-0.1, -0.05) is 12.1 Å². The molecule has 8 heteroatoms. The molecule has 1 fully saturated rings. The van der Waals surface area contributed by atoms with E-state index in [1.165, 1.54) is 12.1 Å². The Balaban J connectivity index is 2.10. The molecule has 1 aliphatic heterocycles. The van der Waals surface area contributed by atoms with Crippen molar-refractivity contribution >= 4 is 5.91 Å². The zero-order valence-corrected chi connectivity index (χ0v) is 11.6. The van der Waals surface area contributed by atoms with Gasteiger partial charge in [0.2, 0.25) is 0 Å². The van der Waals surface area contributed by atoms with Crippen LogP contribution in [0.15, 0.2) is 24.3 Å². The highest BCUT2D eigenvalue weighted by molar-refractivity contribution is 5.81. The molecule has 1 aromatic carbocycles. The highest BCUT2D eigenvalue weighted by Crippen LogP contribution is 2.20. The molecule has 0 spiro atoms. The van der Waals surface area contributed by atoms with Gasteiger partial charge >= 0.3 is 6.18 Å². The van der Waals surface area contributed by atoms with Crippen LogP contribution in [0.5, 0.6) is 0 Å². The first-order valence-electron chi connectivity index (χ1n) is 6.64. The summed E-state index contributed by atoms with van der Waals surface area (Å²) in [6.07, 6.45) is -5.58. The summed E-state index contributed by atoms with van der Waals surface area (Å²) in [7, 11) is 0. The van der Waals surface area contributed by atoms with Gasteiger partial charge in [-0.15, -0.1) is 0 Å². The number of benzene rings is 1. The minimum atomic E-state index is -4.54. The molecule has 122 valence electrons. The molecule has 2 rings (SSSR count). The van der Waals surface area contributed by atoms with Crippen molar-refractivity contribution in [3.8, 4) is 0 Å². The number of alkyl halides is 3. The topological polar surface area (TPSA) is 38.8 Å². The second-order valence-corrected chi connectivity index (χ2v) is 4.87. The van der Waals surface area contributed by atoms with Gasteiger partial charge in [0.05, 0.1) is 19.8 Å². The number of hydrogen-bond acceptors (Lipinski definition) is 3. The molecule has 0 aromatic heterocycles. The van der Waals surface area contributed by atoms with Crippen LogP contribution in [0.4, 0.5) is 17.6 Å². The molecule has 0 saturated carbocycles. The average Bonchev–Trinajstić information content (AvgIpc) is 2.48. The predicted octanol–water partition coefficient (Wildman–Crippen LogP) is 2.13. The number of carbonyl (C=O) groups is 1. The number of halogens is 4. The smallest absolute Gasteiger partial charge is 0.376 e. The van der Waals surface area contributed by atoms with E-state index in [1.807, 2.05) is 0 Å². The Labute approximate surface area is 124 Å². The monoisotopic (exact) mass is 321 g/mol. The number of carbonyl (C=O) groups excluding carboxylic acids is 1. The maximum absolute atomic E-state index is 12.8. The van der Waals surface area contributed by atoms with Crippen LogP contribution < -0.4 is 0 Å². The summed E-state index contributed by atoms with van der Waals surface area (Å²) in [6.45, 7) is -1.29. The third-order valence-corrected chi connectivity index (χ3v) is 3.06. The Morgan fingerprint density at radius 3 is 2.45 bits per heavy atom. The van der Waals surface area contributed by atoms with E-state index >= 15 is 0 Å². The van der Waals surface area contributed by atoms with Crippen molar-refractivity contribution in [3.05, 3.63) is 35.6 Å². The first-order chi connectivity index (χ1) is 10.3. The summed E-state index contributed by atoms with van der Waals surface area (Å²) in [5.41, 5.74) is 0.399. The first-order valence-corrected chi connectivity index (χ1v) is 6.64. The third-order valence-electron chi connectivity index (χ3n) is 3.06. The van der Waals surface area contributed by atoms with E-state index in [-0.39, 0.29) is 19.8 Å². The van der Waals surface area contributed by atoms with Gasteiger partial charge in [-0.05, 0) is 17.7 Å². The zero-order valence-electron chi connectivity index (χ0n) is 11.6. The summed E-state index contributed by atoms with van der Waals surface area (Å²) in [4.78, 5) is 12.8. The van der Waals surface area contributed by atoms with E-state index in [1.54, 1.807) is 0 Å². The summed E-state index contributed by atoms with van der Waals surface area (Å²) >= 11 is 0. The lowest BCUT2D eigenvalue weighted by atomic mass is 10.2. The van der Waals surface area contributed by atoms with Gasteiger partial charge in [0.15, 0.2) is 6.10 Å². The molecule has 22 heavy (non-hydrogen) atoms. The molecular weight excluding hydrogens is 306 g/mol. The summed E-state index contributed by atoms with van der Waals surface area (Å²) in [6, 6.07) is 4.94. The Morgan fingerprint density at radius 1 is 1.23 bits per heavy atom. The lowest BCUT2D eigenvalue weighted by Gasteiger charge is -2.30. The quantitative estimate of drug-likeness (QED) is 0.798. The molecule has 0 bridgehead atoms. The van der Waals surface area contributed by atoms with Gasteiger partial charge in [0.25, 0.3) is 5.91 Å². The van der Waals surface area contributed by atoms with Gasteiger partial charge in [-0.2, -0.15) is 13.2 Å². The van der Waals surface area contributed by atoms with Crippen molar-refractivity contribution in [2.45, 2.75) is 18.8 Å². The summed E-state index contributed by atoms with van der Waals surface area (Å²) < 4.78 is 61.1. The standard InChI is InChI=1S/C14H15F4NO3/c15-11-3-1-10(2-4-11)7-19(9-14(16,17)18)13(20)12-8-21-5-6-22-12/h1-4,12H,5-9H2. The van der Waals surface area contributed by atoms with Crippen LogP contribution in [0.2, 0.25) is 0 Å². The van der Waals surface area contributed by atoms with Crippen LogP contribution in [0.25, 0.3) is 0 Å². The van der Waals surface area contributed by atoms with Crippen LogP contribution in [0, 0.1) is 5.82 Å². The third kappa shape index (κ3) is 4.96. The van der Waals surface area contributed by atoms with E-state index in [0.717, 1.165) is 12.1 Å². The van der Waals surface area contributed by atoms with Crippen LogP contribution in [0.1, 0.15) is 5.56 Å². The Hall–Kier alpha value is -1.67. The maximum Gasteiger partial charge on any atom is 0.406 e. The van der Waals surface area contributed by atoms with Crippen molar-refractivity contribution in [1.29, 1.82) is 0 Å². The molecule has 0 aliphatic carbocycles. The van der Waals surface area contributed by atoms with E-state index in [4.69, 9.17) is 9.47 Å². The molecule has 1 aliphatic rings. The van der Waals surface area contributed by atoms with Crippen molar-refractivity contribution in [2.24, 2.45) is 0 Å². The van der Waals surface area contributed by atoms with Gasteiger partial charge in [-0.25, -0.2) is 4.39 Å². The second-order valence-electron chi connectivity index (χ2n) is 4.87. The molecule has 0 radical (unpaired) electrons. The SMILES string of the molecule is O=C(C1COCCO1)N(Cc1ccc(F)cc1)CC(F)(F)F. The largest absolute Gasteiger partial charge is 0.406 e. The molecule has 1 atom stereocenters. The zero-order chi connectivity index (χ0) is 16.2. The van der Waals surface area contributed by atoms with Gasteiger partial charge in [0.1, 0.15) is 12.4 Å². The highest BCUT2D eigenvalue weighted by Gasteiger charge is 2.36. The number of hydrogen-bond donors (Lipinski definition) is 0. The summed E-state index contributed by atoms with van der Waals surface area (Å²) in [5, 5.41) is 0. The van der Waals surface area contributed by atoms with Crippen molar-refractivity contribution in [1.82, 2.24) is 4.90 Å². The number of nitrogens with zero attached hydrogens (tertiary/aromatic N) is 1. The second kappa shape index (κ2) is 7.06. The molecule has 1 aromatic rings. The fourth-order valence-electron chi connectivity index (χ4n) is 2.07. The molecule has 1 amide bonds. The first kappa shape index (κ1) is 16.7. The summed E-state index contributed by atoms with van der Waals surface area (Å²) in [5.74, 6) is -1.29. The molecule has 1 unspecified atom stereocenters. The fraction of sp³-hybridized carbons (Fsp3) is 0.500. The lowest BCUT2D eigenvalue weighted by molar-refractivity contribution is -0.177. The van der Waals surface area contributed by atoms with E-state index < -0.39 is 30.5 Å². The molecular formula is C14H15F4NO3. The maximum atomic E-state index is 12.8. The average molecular weight is 321 g/mol. The van der Waals surface area contributed by atoms with Crippen LogP contribution in [-0.4, -0.2) is 49.5 Å². The number of ether oxygens (including phenoxy) is 2. The van der Waals surface area contributed by atoms with E-state index in [0.29, 0.717) is 17.1 Å². The minimum absolute atomic E-state index is 0.0728.